The van der Waals surface area contributed by atoms with Crippen LogP contribution in [0.1, 0.15) is 16.7 Å². The Hall–Kier alpha value is -1.32. The molecule has 110 valence electrons. The minimum atomic E-state index is -0.794. The third-order valence-corrected chi connectivity index (χ3v) is 4.40. The first kappa shape index (κ1) is 16.1. The van der Waals surface area contributed by atoms with Gasteiger partial charge in [-0.3, -0.25) is 4.79 Å². The van der Waals surface area contributed by atoms with Gasteiger partial charge in [0, 0.05) is 9.50 Å². The summed E-state index contributed by atoms with van der Waals surface area (Å²) >= 11 is 9.54. The minimum absolute atomic E-state index is 0.426. The van der Waals surface area contributed by atoms with E-state index in [0.29, 0.717) is 17.9 Å². The van der Waals surface area contributed by atoms with Crippen molar-refractivity contribution < 1.29 is 9.90 Å². The van der Waals surface area contributed by atoms with E-state index in [4.69, 9.17) is 11.6 Å². The molecule has 0 fully saturated rings. The minimum Gasteiger partial charge on any atom is -0.481 e. The maximum Gasteiger partial charge on any atom is 0.307 e. The summed E-state index contributed by atoms with van der Waals surface area (Å²) in [5, 5.41) is 10.1. The van der Waals surface area contributed by atoms with Crippen LogP contribution in [0.5, 0.6) is 0 Å². The summed E-state index contributed by atoms with van der Waals surface area (Å²) in [7, 11) is 0. The Kier molecular flexibility index (Phi) is 5.43. The third kappa shape index (κ3) is 4.32. The average molecular weight is 368 g/mol. The van der Waals surface area contributed by atoms with Crippen molar-refractivity contribution in [2.75, 3.05) is 0 Å². The SMILES string of the molecule is Cc1ccccc1CC(Cc1ccc(Br)cc1Cl)C(=O)O. The molecule has 0 aromatic heterocycles. The van der Waals surface area contributed by atoms with Gasteiger partial charge in [0.05, 0.1) is 5.92 Å². The number of carboxylic acids is 1. The van der Waals surface area contributed by atoms with E-state index in [2.05, 4.69) is 15.9 Å². The smallest absolute Gasteiger partial charge is 0.307 e. The molecule has 21 heavy (non-hydrogen) atoms. The van der Waals surface area contributed by atoms with Crippen LogP contribution in [0.15, 0.2) is 46.9 Å². The van der Waals surface area contributed by atoms with Gasteiger partial charge in [-0.15, -0.1) is 0 Å². The van der Waals surface area contributed by atoms with Crippen molar-refractivity contribution in [3.63, 3.8) is 0 Å². The number of aliphatic carboxylic acids is 1. The molecule has 0 radical (unpaired) electrons. The van der Waals surface area contributed by atoms with Crippen LogP contribution >= 0.6 is 27.5 Å². The van der Waals surface area contributed by atoms with Crippen LogP contribution in [0.25, 0.3) is 0 Å². The molecule has 0 aliphatic rings. The quantitative estimate of drug-likeness (QED) is 0.816. The maximum absolute atomic E-state index is 11.5. The second-order valence-corrected chi connectivity index (χ2v) is 6.43. The van der Waals surface area contributed by atoms with E-state index >= 15 is 0 Å². The van der Waals surface area contributed by atoms with Gasteiger partial charge in [-0.05, 0) is 48.6 Å². The maximum atomic E-state index is 11.5. The van der Waals surface area contributed by atoms with E-state index < -0.39 is 11.9 Å². The van der Waals surface area contributed by atoms with E-state index in [1.807, 2.05) is 43.3 Å². The number of carbonyl (C=O) groups is 1. The van der Waals surface area contributed by atoms with E-state index in [0.717, 1.165) is 21.2 Å². The summed E-state index contributed by atoms with van der Waals surface area (Å²) < 4.78 is 0.891. The van der Waals surface area contributed by atoms with Gasteiger partial charge in [-0.2, -0.15) is 0 Å². The Morgan fingerprint density at radius 2 is 1.86 bits per heavy atom. The van der Waals surface area contributed by atoms with Gasteiger partial charge in [0.1, 0.15) is 0 Å². The van der Waals surface area contributed by atoms with Gasteiger partial charge in [0.2, 0.25) is 0 Å². The lowest BCUT2D eigenvalue weighted by Crippen LogP contribution is -2.19. The molecule has 2 nitrogen and oxygen atoms in total. The predicted molar refractivity (Wildman–Crippen MR) is 88.9 cm³/mol. The fourth-order valence-electron chi connectivity index (χ4n) is 2.30. The van der Waals surface area contributed by atoms with Crippen LogP contribution in [0.3, 0.4) is 0 Å². The molecule has 0 aliphatic heterocycles. The van der Waals surface area contributed by atoms with Gasteiger partial charge in [-0.25, -0.2) is 0 Å². The van der Waals surface area contributed by atoms with Gasteiger partial charge in [0.25, 0.3) is 0 Å². The molecule has 0 amide bonds. The standard InChI is InChI=1S/C17H16BrClO2/c1-11-4-2-3-5-12(11)8-14(17(20)21)9-13-6-7-15(18)10-16(13)19/h2-7,10,14H,8-9H2,1H3,(H,20,21). The van der Waals surface area contributed by atoms with Crippen LogP contribution < -0.4 is 0 Å². The highest BCUT2D eigenvalue weighted by molar-refractivity contribution is 9.10. The summed E-state index contributed by atoms with van der Waals surface area (Å²) in [5.41, 5.74) is 3.05. The number of hydrogen-bond donors (Lipinski definition) is 1. The van der Waals surface area contributed by atoms with Crippen molar-refractivity contribution in [2.24, 2.45) is 5.92 Å². The number of hydrogen-bond acceptors (Lipinski definition) is 1. The number of carboxylic acid groups (broad SMARTS) is 1. The first-order valence-electron chi connectivity index (χ1n) is 6.68. The lowest BCUT2D eigenvalue weighted by Gasteiger charge is -2.15. The molecule has 0 spiro atoms. The summed E-state index contributed by atoms with van der Waals surface area (Å²) in [6.45, 7) is 2.00. The summed E-state index contributed by atoms with van der Waals surface area (Å²) in [5.74, 6) is -1.28. The first-order valence-corrected chi connectivity index (χ1v) is 7.85. The lowest BCUT2D eigenvalue weighted by atomic mass is 9.91. The molecule has 0 heterocycles. The Balaban J connectivity index is 2.20. The molecular weight excluding hydrogens is 352 g/mol. The van der Waals surface area contributed by atoms with Crippen molar-refractivity contribution in [1.29, 1.82) is 0 Å². The Labute approximate surface area is 137 Å². The summed E-state index contributed by atoms with van der Waals surface area (Å²) in [4.78, 5) is 11.5. The number of rotatable bonds is 5. The van der Waals surface area contributed by atoms with Crippen molar-refractivity contribution in [3.05, 3.63) is 68.7 Å². The van der Waals surface area contributed by atoms with Crippen LogP contribution in [0, 0.1) is 12.8 Å². The second kappa shape index (κ2) is 7.10. The fourth-order valence-corrected chi connectivity index (χ4v) is 3.05. The Morgan fingerprint density at radius 3 is 2.48 bits per heavy atom. The van der Waals surface area contributed by atoms with Crippen molar-refractivity contribution in [2.45, 2.75) is 19.8 Å². The molecule has 0 aliphatic carbocycles. The molecule has 1 unspecified atom stereocenters. The zero-order chi connectivity index (χ0) is 15.4. The first-order chi connectivity index (χ1) is 9.97. The zero-order valence-electron chi connectivity index (χ0n) is 11.6. The van der Waals surface area contributed by atoms with Gasteiger partial charge in [0.15, 0.2) is 0 Å². The number of aryl methyl sites for hydroxylation is 1. The Bertz CT molecular complexity index is 655. The van der Waals surface area contributed by atoms with Crippen molar-refractivity contribution in [1.82, 2.24) is 0 Å². The van der Waals surface area contributed by atoms with Gasteiger partial charge in [-0.1, -0.05) is 57.9 Å². The van der Waals surface area contributed by atoms with Crippen LogP contribution in [-0.2, 0) is 17.6 Å². The highest BCUT2D eigenvalue weighted by Crippen LogP contribution is 2.25. The predicted octanol–water partition coefficient (Wildman–Crippen LogP) is 4.90. The molecule has 4 heteroatoms. The second-order valence-electron chi connectivity index (χ2n) is 5.11. The normalized spacial score (nSPS) is 12.1. The van der Waals surface area contributed by atoms with E-state index in [-0.39, 0.29) is 0 Å². The third-order valence-electron chi connectivity index (χ3n) is 3.56. The number of halogens is 2. The van der Waals surface area contributed by atoms with E-state index in [1.165, 1.54) is 0 Å². The molecule has 2 aromatic rings. The lowest BCUT2D eigenvalue weighted by molar-refractivity contribution is -0.141. The van der Waals surface area contributed by atoms with Crippen LogP contribution in [0.2, 0.25) is 5.02 Å². The molecule has 2 aromatic carbocycles. The molecule has 1 N–H and O–H groups in total. The molecule has 0 saturated carbocycles. The van der Waals surface area contributed by atoms with E-state index in [9.17, 15) is 9.90 Å². The molecule has 2 rings (SSSR count). The topological polar surface area (TPSA) is 37.3 Å². The monoisotopic (exact) mass is 366 g/mol. The highest BCUT2D eigenvalue weighted by atomic mass is 79.9. The highest BCUT2D eigenvalue weighted by Gasteiger charge is 2.20. The summed E-state index contributed by atoms with van der Waals surface area (Å²) in [6, 6.07) is 13.4. The van der Waals surface area contributed by atoms with Crippen molar-refractivity contribution >= 4 is 33.5 Å². The molecular formula is C17H16BrClO2. The number of benzene rings is 2. The van der Waals surface area contributed by atoms with Gasteiger partial charge >= 0.3 is 5.97 Å². The van der Waals surface area contributed by atoms with Crippen LogP contribution in [0.4, 0.5) is 0 Å². The average Bonchev–Trinajstić information content (AvgIpc) is 2.42. The van der Waals surface area contributed by atoms with E-state index in [1.54, 1.807) is 6.07 Å². The summed E-state index contributed by atoms with van der Waals surface area (Å²) in [6.07, 6.45) is 0.935. The fraction of sp³-hybridized carbons (Fsp3) is 0.235. The molecule has 0 bridgehead atoms. The zero-order valence-corrected chi connectivity index (χ0v) is 14.0. The Morgan fingerprint density at radius 1 is 1.19 bits per heavy atom. The van der Waals surface area contributed by atoms with Crippen LogP contribution in [-0.4, -0.2) is 11.1 Å². The molecule has 0 saturated heterocycles. The van der Waals surface area contributed by atoms with Crippen molar-refractivity contribution in [3.8, 4) is 0 Å². The largest absolute Gasteiger partial charge is 0.481 e. The molecule has 1 atom stereocenters. The van der Waals surface area contributed by atoms with Gasteiger partial charge < -0.3 is 5.11 Å².